The minimum absolute atomic E-state index is 0.0737. The van der Waals surface area contributed by atoms with Gasteiger partial charge in [0.05, 0.1) is 13.2 Å². The van der Waals surface area contributed by atoms with Crippen molar-refractivity contribution in [2.45, 2.75) is 116 Å². The number of carbonyl (C=O) groups is 2. The summed E-state index contributed by atoms with van der Waals surface area (Å²) >= 11 is 0. The zero-order chi connectivity index (χ0) is 28.3. The van der Waals surface area contributed by atoms with E-state index in [1.807, 2.05) is 6.92 Å². The first-order chi connectivity index (χ1) is 18.3. The molecule has 0 rings (SSSR count). The molecule has 0 aliphatic rings. The number of phosphoric acid groups is 1. The minimum Gasteiger partial charge on any atom is -0.463 e. The zero-order valence-corrected chi connectivity index (χ0v) is 24.5. The highest BCUT2D eigenvalue weighted by Crippen LogP contribution is 2.42. The van der Waals surface area contributed by atoms with Crippen molar-refractivity contribution in [3.8, 4) is 0 Å². The van der Waals surface area contributed by atoms with Gasteiger partial charge >= 0.3 is 13.8 Å². The quantitative estimate of drug-likeness (QED) is 0.0496. The fourth-order valence-corrected chi connectivity index (χ4v) is 4.20. The van der Waals surface area contributed by atoms with E-state index in [2.05, 4.69) is 41.1 Å². The highest BCUT2D eigenvalue weighted by atomic mass is 31.2. The van der Waals surface area contributed by atoms with Gasteiger partial charge in [-0.15, -0.1) is 0 Å². The van der Waals surface area contributed by atoms with E-state index in [0.717, 1.165) is 44.9 Å². The van der Waals surface area contributed by atoms with Crippen LogP contribution in [-0.4, -0.2) is 54.3 Å². The molecule has 222 valence electrons. The van der Waals surface area contributed by atoms with E-state index in [4.69, 9.17) is 9.26 Å². The number of aliphatic hydroxyl groups excluding tert-OH is 1. The topological polar surface area (TPSA) is 131 Å². The van der Waals surface area contributed by atoms with Crippen LogP contribution in [0.15, 0.2) is 24.3 Å². The number of phosphoric ester groups is 1. The highest BCUT2D eigenvalue weighted by molar-refractivity contribution is 7.47. The lowest BCUT2D eigenvalue weighted by atomic mass is 10.1. The first-order valence-electron chi connectivity index (χ1n) is 14.3. The summed E-state index contributed by atoms with van der Waals surface area (Å²) in [6.07, 6.45) is 22.8. The van der Waals surface area contributed by atoms with Crippen molar-refractivity contribution in [1.29, 1.82) is 0 Å². The number of aliphatic hydroxyl groups is 1. The van der Waals surface area contributed by atoms with Crippen molar-refractivity contribution < 1.29 is 37.9 Å². The summed E-state index contributed by atoms with van der Waals surface area (Å²) in [7, 11) is -4.38. The zero-order valence-electron chi connectivity index (χ0n) is 23.6. The standard InChI is InChI=1S/C28H52NO8P/c1-3-5-6-7-8-9-10-11-12-13-14-15-16-17-18-19-21-27(31)29-22-23-36-38(33,34)37-25-26(30)24-35-28(32)20-4-2/h9-10,12-13,26,30H,3-8,11,14-25H2,1-2H3,(H,29,31)(H,33,34)/b10-9-,13-12-. The van der Waals surface area contributed by atoms with Gasteiger partial charge in [0.1, 0.15) is 12.7 Å². The van der Waals surface area contributed by atoms with Gasteiger partial charge in [0.15, 0.2) is 0 Å². The van der Waals surface area contributed by atoms with Gasteiger partial charge in [-0.25, -0.2) is 4.57 Å². The number of rotatable bonds is 26. The van der Waals surface area contributed by atoms with Gasteiger partial charge in [-0.1, -0.05) is 76.7 Å². The Hall–Kier alpha value is -1.51. The van der Waals surface area contributed by atoms with Crippen molar-refractivity contribution in [3.63, 3.8) is 0 Å². The summed E-state index contributed by atoms with van der Waals surface area (Å²) in [5.41, 5.74) is 0. The molecule has 0 aromatic carbocycles. The maximum Gasteiger partial charge on any atom is 0.472 e. The molecule has 0 fully saturated rings. The molecular weight excluding hydrogens is 509 g/mol. The van der Waals surface area contributed by atoms with Crippen LogP contribution < -0.4 is 5.32 Å². The molecule has 10 heteroatoms. The first-order valence-corrected chi connectivity index (χ1v) is 15.8. The van der Waals surface area contributed by atoms with Crippen LogP contribution in [0.1, 0.15) is 110 Å². The van der Waals surface area contributed by atoms with Gasteiger partial charge < -0.3 is 20.1 Å². The largest absolute Gasteiger partial charge is 0.472 e. The fraction of sp³-hybridized carbons (Fsp3) is 0.786. The van der Waals surface area contributed by atoms with Gasteiger partial charge in [0.25, 0.3) is 0 Å². The monoisotopic (exact) mass is 561 g/mol. The predicted octanol–water partition coefficient (Wildman–Crippen LogP) is 6.14. The summed E-state index contributed by atoms with van der Waals surface area (Å²) in [4.78, 5) is 32.8. The minimum atomic E-state index is -4.38. The van der Waals surface area contributed by atoms with Crippen LogP contribution in [0, 0.1) is 0 Å². The third-order valence-corrected chi connectivity index (χ3v) is 6.59. The molecule has 0 radical (unpaired) electrons. The number of ether oxygens (including phenoxy) is 1. The lowest BCUT2D eigenvalue weighted by molar-refractivity contribution is -0.147. The molecule has 3 N–H and O–H groups in total. The third kappa shape index (κ3) is 26.1. The van der Waals surface area contributed by atoms with Gasteiger partial charge in [-0.2, -0.15) is 0 Å². The Morgan fingerprint density at radius 3 is 2.11 bits per heavy atom. The van der Waals surface area contributed by atoms with Crippen LogP contribution in [-0.2, 0) is 27.9 Å². The molecule has 0 saturated heterocycles. The van der Waals surface area contributed by atoms with Crippen LogP contribution in [0.25, 0.3) is 0 Å². The second-order valence-corrected chi connectivity index (χ2v) is 10.8. The molecule has 2 atom stereocenters. The molecule has 0 aliphatic carbocycles. The van der Waals surface area contributed by atoms with E-state index in [1.54, 1.807) is 0 Å². The van der Waals surface area contributed by atoms with Crippen molar-refractivity contribution in [3.05, 3.63) is 24.3 Å². The summed E-state index contributed by atoms with van der Waals surface area (Å²) in [5, 5.41) is 12.3. The summed E-state index contributed by atoms with van der Waals surface area (Å²) in [6.45, 7) is 3.07. The maximum atomic E-state index is 11.9. The number of carbonyl (C=O) groups excluding carboxylic acids is 2. The van der Waals surface area contributed by atoms with Crippen LogP contribution >= 0.6 is 7.82 Å². The van der Waals surface area contributed by atoms with Gasteiger partial charge in [0, 0.05) is 19.4 Å². The number of amides is 1. The molecule has 0 aromatic rings. The number of nitrogens with one attached hydrogen (secondary N) is 1. The average molecular weight is 562 g/mol. The van der Waals surface area contributed by atoms with Gasteiger partial charge in [-0.3, -0.25) is 18.6 Å². The Labute approximate surface area is 230 Å². The second kappa shape index (κ2) is 25.8. The molecule has 0 heterocycles. The Morgan fingerprint density at radius 2 is 1.45 bits per heavy atom. The molecule has 0 bridgehead atoms. The number of unbranched alkanes of at least 4 members (excludes halogenated alkanes) is 9. The molecule has 0 aliphatic heterocycles. The van der Waals surface area contributed by atoms with Crippen molar-refractivity contribution >= 4 is 19.7 Å². The van der Waals surface area contributed by atoms with E-state index >= 15 is 0 Å². The van der Waals surface area contributed by atoms with Crippen LogP contribution in [0.5, 0.6) is 0 Å². The van der Waals surface area contributed by atoms with Crippen molar-refractivity contribution in [1.82, 2.24) is 5.32 Å². The van der Waals surface area contributed by atoms with Crippen LogP contribution in [0.2, 0.25) is 0 Å². The van der Waals surface area contributed by atoms with Crippen molar-refractivity contribution in [2.24, 2.45) is 0 Å². The molecule has 2 unspecified atom stereocenters. The normalized spacial score (nSPS) is 14.1. The predicted molar refractivity (Wildman–Crippen MR) is 151 cm³/mol. The van der Waals surface area contributed by atoms with E-state index in [-0.39, 0.29) is 32.1 Å². The molecule has 38 heavy (non-hydrogen) atoms. The molecule has 1 amide bonds. The number of hydrogen-bond acceptors (Lipinski definition) is 7. The lowest BCUT2D eigenvalue weighted by Crippen LogP contribution is -2.27. The van der Waals surface area contributed by atoms with Crippen LogP contribution in [0.3, 0.4) is 0 Å². The number of esters is 1. The Morgan fingerprint density at radius 1 is 0.816 bits per heavy atom. The van der Waals surface area contributed by atoms with E-state index < -0.39 is 26.5 Å². The van der Waals surface area contributed by atoms with E-state index in [1.165, 1.54) is 32.1 Å². The molecule has 0 aromatic heterocycles. The van der Waals surface area contributed by atoms with Gasteiger partial charge in [0.2, 0.25) is 5.91 Å². The summed E-state index contributed by atoms with van der Waals surface area (Å²) in [6, 6.07) is 0. The Balaban J connectivity index is 3.61. The highest BCUT2D eigenvalue weighted by Gasteiger charge is 2.23. The second-order valence-electron chi connectivity index (χ2n) is 9.37. The van der Waals surface area contributed by atoms with Crippen molar-refractivity contribution in [2.75, 3.05) is 26.4 Å². The van der Waals surface area contributed by atoms with Crippen LogP contribution in [0.4, 0.5) is 0 Å². The Bertz CT molecular complexity index is 698. The molecule has 9 nitrogen and oxygen atoms in total. The lowest BCUT2D eigenvalue weighted by Gasteiger charge is -2.15. The fourth-order valence-electron chi connectivity index (χ4n) is 3.44. The van der Waals surface area contributed by atoms with Gasteiger partial charge in [-0.05, 0) is 44.9 Å². The van der Waals surface area contributed by atoms with E-state index in [0.29, 0.717) is 12.8 Å². The average Bonchev–Trinajstić information content (AvgIpc) is 2.88. The number of allylic oxidation sites excluding steroid dienone is 4. The van der Waals surface area contributed by atoms with E-state index in [9.17, 15) is 24.2 Å². The Kier molecular flexibility index (Phi) is 24.7. The molecule has 0 saturated carbocycles. The molecule has 0 spiro atoms. The summed E-state index contributed by atoms with van der Waals surface area (Å²) in [5.74, 6) is -0.589. The first kappa shape index (κ1) is 36.5. The number of hydrogen-bond donors (Lipinski definition) is 3. The maximum absolute atomic E-state index is 11.9. The third-order valence-electron chi connectivity index (χ3n) is 5.60. The summed E-state index contributed by atoms with van der Waals surface area (Å²) < 4.78 is 26.1. The molecular formula is C28H52NO8P. The smallest absolute Gasteiger partial charge is 0.463 e. The SMILES string of the molecule is CCCCCC/C=C\C/C=C\CCCCCCCC(=O)NCCOP(=O)(O)OCC(O)COC(=O)CCC.